The Kier molecular flexibility index (Phi) is 8.24. The second kappa shape index (κ2) is 11.1. The molecule has 3 aromatic carbocycles. The van der Waals surface area contributed by atoms with E-state index in [9.17, 15) is 9.90 Å². The number of esters is 1. The second-order valence-corrected chi connectivity index (χ2v) is 8.02. The molecule has 4 nitrogen and oxygen atoms in total. The van der Waals surface area contributed by atoms with Gasteiger partial charge in [0.05, 0.1) is 18.3 Å². The first-order valence-corrected chi connectivity index (χ1v) is 10.9. The lowest BCUT2D eigenvalue weighted by Gasteiger charge is -2.18. The fourth-order valence-corrected chi connectivity index (χ4v) is 3.62. The Hall–Kier alpha value is -2.66. The van der Waals surface area contributed by atoms with Gasteiger partial charge in [0, 0.05) is 17.6 Å². The number of ether oxygens (including phenoxy) is 1. The van der Waals surface area contributed by atoms with E-state index in [2.05, 4.69) is 36.5 Å². The summed E-state index contributed by atoms with van der Waals surface area (Å²) < 4.78 is 5.02. The molecule has 162 valence electrons. The highest BCUT2D eigenvalue weighted by Gasteiger charge is 2.11. The molecule has 0 aliphatic rings. The summed E-state index contributed by atoms with van der Waals surface area (Å²) in [7, 11) is 0. The van der Waals surface area contributed by atoms with Crippen LogP contribution in [0.1, 0.15) is 41.4 Å². The molecule has 0 heterocycles. The first-order valence-electron chi connectivity index (χ1n) is 10.5. The summed E-state index contributed by atoms with van der Waals surface area (Å²) in [5.41, 5.74) is 4.73. The van der Waals surface area contributed by atoms with Crippen LogP contribution in [-0.4, -0.2) is 30.3 Å². The van der Waals surface area contributed by atoms with Gasteiger partial charge >= 0.3 is 5.97 Å². The van der Waals surface area contributed by atoms with Crippen LogP contribution in [0.2, 0.25) is 5.02 Å². The van der Waals surface area contributed by atoms with E-state index in [1.165, 1.54) is 5.56 Å². The molecule has 2 unspecified atom stereocenters. The standard InChI is InChI=1S/C26H28ClNO3/c1-3-31-26(30)22-13-11-21(12-14-22)20-9-7-19(8-10-20)15-18(2)28-17-25(29)23-5-4-6-24(27)16-23/h4-14,16,18,25,28-29H,3,15,17H2,1-2H3. The lowest BCUT2D eigenvalue weighted by molar-refractivity contribution is 0.0526. The molecule has 0 spiro atoms. The van der Waals surface area contributed by atoms with E-state index in [1.54, 1.807) is 31.2 Å². The maximum atomic E-state index is 11.8. The number of benzene rings is 3. The zero-order valence-electron chi connectivity index (χ0n) is 17.8. The maximum Gasteiger partial charge on any atom is 0.338 e. The number of halogens is 1. The molecule has 0 aliphatic heterocycles. The van der Waals surface area contributed by atoms with Crippen molar-refractivity contribution in [3.05, 3.63) is 94.5 Å². The van der Waals surface area contributed by atoms with Crippen LogP contribution in [-0.2, 0) is 11.2 Å². The fourth-order valence-electron chi connectivity index (χ4n) is 3.42. The molecule has 0 saturated carbocycles. The number of aliphatic hydroxyl groups is 1. The van der Waals surface area contributed by atoms with Gasteiger partial charge in [-0.1, -0.05) is 60.1 Å². The molecule has 0 bridgehead atoms. The van der Waals surface area contributed by atoms with Crippen LogP contribution in [0, 0.1) is 0 Å². The summed E-state index contributed by atoms with van der Waals surface area (Å²) >= 11 is 6.00. The van der Waals surface area contributed by atoms with Gasteiger partial charge in [-0.15, -0.1) is 0 Å². The predicted octanol–water partition coefficient (Wildman–Crippen LogP) is 5.44. The molecular weight excluding hydrogens is 410 g/mol. The summed E-state index contributed by atoms with van der Waals surface area (Å²) in [6.45, 7) is 4.74. The van der Waals surface area contributed by atoms with Gasteiger partial charge in [-0.2, -0.15) is 0 Å². The van der Waals surface area contributed by atoms with Gasteiger partial charge < -0.3 is 15.2 Å². The number of hydrogen-bond acceptors (Lipinski definition) is 4. The van der Waals surface area contributed by atoms with Gasteiger partial charge in [-0.25, -0.2) is 4.79 Å². The Balaban J connectivity index is 1.53. The minimum atomic E-state index is -0.596. The van der Waals surface area contributed by atoms with Crippen LogP contribution in [0.25, 0.3) is 11.1 Å². The van der Waals surface area contributed by atoms with E-state index in [0.717, 1.165) is 23.1 Å². The van der Waals surface area contributed by atoms with Crippen molar-refractivity contribution in [3.8, 4) is 11.1 Å². The lowest BCUT2D eigenvalue weighted by atomic mass is 10.00. The molecule has 3 rings (SSSR count). The van der Waals surface area contributed by atoms with Gasteiger partial charge in [-0.3, -0.25) is 0 Å². The minimum Gasteiger partial charge on any atom is -0.462 e. The van der Waals surface area contributed by atoms with Crippen LogP contribution < -0.4 is 5.32 Å². The van der Waals surface area contributed by atoms with Crippen molar-refractivity contribution in [1.29, 1.82) is 0 Å². The van der Waals surface area contributed by atoms with Crippen LogP contribution in [0.15, 0.2) is 72.8 Å². The Morgan fingerprint density at radius 3 is 2.29 bits per heavy atom. The van der Waals surface area contributed by atoms with Gasteiger partial charge in [0.25, 0.3) is 0 Å². The number of hydrogen-bond donors (Lipinski definition) is 2. The first kappa shape index (κ1) is 23.0. The van der Waals surface area contributed by atoms with Gasteiger partial charge in [0.15, 0.2) is 0 Å². The molecule has 0 aliphatic carbocycles. The summed E-state index contributed by atoms with van der Waals surface area (Å²) in [4.78, 5) is 11.8. The highest BCUT2D eigenvalue weighted by molar-refractivity contribution is 6.30. The highest BCUT2D eigenvalue weighted by atomic mass is 35.5. The third-order valence-corrected chi connectivity index (χ3v) is 5.35. The van der Waals surface area contributed by atoms with Crippen LogP contribution in [0.4, 0.5) is 0 Å². The van der Waals surface area contributed by atoms with E-state index in [1.807, 2.05) is 24.3 Å². The zero-order valence-corrected chi connectivity index (χ0v) is 18.6. The van der Waals surface area contributed by atoms with Crippen molar-refractivity contribution in [2.24, 2.45) is 0 Å². The Morgan fingerprint density at radius 1 is 1.03 bits per heavy atom. The van der Waals surface area contributed by atoms with Crippen molar-refractivity contribution < 1.29 is 14.6 Å². The molecule has 0 fully saturated rings. The van der Waals surface area contributed by atoms with Crippen LogP contribution in [0.5, 0.6) is 0 Å². The molecule has 5 heteroatoms. The predicted molar refractivity (Wildman–Crippen MR) is 125 cm³/mol. The maximum absolute atomic E-state index is 11.8. The summed E-state index contributed by atoms with van der Waals surface area (Å²) in [5, 5.41) is 14.4. The fraction of sp³-hybridized carbons (Fsp3) is 0.269. The van der Waals surface area contributed by atoms with Crippen molar-refractivity contribution in [1.82, 2.24) is 5.32 Å². The quantitative estimate of drug-likeness (QED) is 0.438. The largest absolute Gasteiger partial charge is 0.462 e. The molecule has 0 saturated heterocycles. The second-order valence-electron chi connectivity index (χ2n) is 7.58. The Morgan fingerprint density at radius 2 is 1.68 bits per heavy atom. The van der Waals surface area contributed by atoms with E-state index < -0.39 is 6.10 Å². The topological polar surface area (TPSA) is 58.6 Å². The van der Waals surface area contributed by atoms with Gasteiger partial charge in [0.1, 0.15) is 0 Å². The number of carbonyl (C=O) groups is 1. The number of rotatable bonds is 9. The Labute approximate surface area is 188 Å². The molecular formula is C26H28ClNO3. The lowest BCUT2D eigenvalue weighted by Crippen LogP contribution is -2.32. The van der Waals surface area contributed by atoms with Crippen LogP contribution in [0.3, 0.4) is 0 Å². The Bertz CT molecular complexity index is 986. The molecule has 0 aromatic heterocycles. The van der Waals surface area contributed by atoms with Gasteiger partial charge in [-0.05, 0) is 66.8 Å². The van der Waals surface area contributed by atoms with E-state index >= 15 is 0 Å². The van der Waals surface area contributed by atoms with E-state index in [0.29, 0.717) is 23.7 Å². The van der Waals surface area contributed by atoms with Crippen LogP contribution >= 0.6 is 11.6 Å². The monoisotopic (exact) mass is 437 g/mol. The molecule has 2 N–H and O–H groups in total. The number of nitrogens with one attached hydrogen (secondary N) is 1. The van der Waals surface area contributed by atoms with Crippen molar-refractivity contribution >= 4 is 17.6 Å². The average molecular weight is 438 g/mol. The number of aliphatic hydroxyl groups excluding tert-OH is 1. The molecule has 0 amide bonds. The van der Waals surface area contributed by atoms with Crippen molar-refractivity contribution in [2.75, 3.05) is 13.2 Å². The molecule has 3 aromatic rings. The summed E-state index contributed by atoms with van der Waals surface area (Å²) in [6, 6.07) is 23.4. The molecule has 0 radical (unpaired) electrons. The van der Waals surface area contributed by atoms with Gasteiger partial charge in [0.2, 0.25) is 0 Å². The van der Waals surface area contributed by atoms with E-state index in [4.69, 9.17) is 16.3 Å². The van der Waals surface area contributed by atoms with E-state index in [-0.39, 0.29) is 12.0 Å². The van der Waals surface area contributed by atoms with Crippen molar-refractivity contribution in [3.63, 3.8) is 0 Å². The zero-order chi connectivity index (χ0) is 22.2. The first-order chi connectivity index (χ1) is 15.0. The molecule has 31 heavy (non-hydrogen) atoms. The average Bonchev–Trinajstić information content (AvgIpc) is 2.78. The third kappa shape index (κ3) is 6.66. The minimum absolute atomic E-state index is 0.212. The summed E-state index contributed by atoms with van der Waals surface area (Å²) in [6.07, 6.45) is 0.255. The van der Waals surface area contributed by atoms with Crippen molar-refractivity contribution in [2.45, 2.75) is 32.4 Å². The smallest absolute Gasteiger partial charge is 0.338 e. The third-order valence-electron chi connectivity index (χ3n) is 5.12. The normalized spacial score (nSPS) is 12.9. The summed E-state index contributed by atoms with van der Waals surface area (Å²) in [5.74, 6) is -0.300. The molecule has 2 atom stereocenters. The number of carbonyl (C=O) groups excluding carboxylic acids is 1. The highest BCUT2D eigenvalue weighted by Crippen LogP contribution is 2.22. The SMILES string of the molecule is CCOC(=O)c1ccc(-c2ccc(CC(C)NCC(O)c3cccc(Cl)c3)cc2)cc1.